The molecule has 0 aromatic carbocycles. The average molecular weight is 241 g/mol. The number of nitrogen functional groups attached to an aromatic ring is 1. The topological polar surface area (TPSA) is 95.2 Å². The molecule has 3 N–H and O–H groups in total. The van der Waals surface area contributed by atoms with Crippen molar-refractivity contribution < 1.29 is 9.47 Å². The Morgan fingerprint density at radius 3 is 2.18 bits per heavy atom. The molecule has 1 heterocycles. The highest BCUT2D eigenvalue weighted by molar-refractivity contribution is 5.25. The summed E-state index contributed by atoms with van der Waals surface area (Å²) in [6, 6.07) is 0.453. The monoisotopic (exact) mass is 241 g/mol. The van der Waals surface area contributed by atoms with Crippen molar-refractivity contribution in [1.29, 1.82) is 0 Å². The van der Waals surface area contributed by atoms with E-state index in [2.05, 4.69) is 27.3 Å². The number of anilines is 1. The summed E-state index contributed by atoms with van der Waals surface area (Å²) in [6.45, 7) is 5.20. The van der Waals surface area contributed by atoms with Gasteiger partial charge in [0.25, 0.3) is 0 Å². The number of nitrogens with zero attached hydrogens (tertiary/aromatic N) is 3. The summed E-state index contributed by atoms with van der Waals surface area (Å²) >= 11 is 0. The lowest BCUT2D eigenvalue weighted by molar-refractivity contribution is 0.259. The Morgan fingerprint density at radius 1 is 1.00 bits per heavy atom. The maximum atomic E-state index is 5.37. The molecule has 0 aliphatic rings. The summed E-state index contributed by atoms with van der Waals surface area (Å²) in [5, 5.41) is 0. The summed E-state index contributed by atoms with van der Waals surface area (Å²) in [5.74, 6) is 5.49. The molecule has 1 aromatic heterocycles. The van der Waals surface area contributed by atoms with Crippen LogP contribution in [0.1, 0.15) is 33.1 Å². The number of hydrazine groups is 1. The van der Waals surface area contributed by atoms with Gasteiger partial charge in [0.2, 0.25) is 5.95 Å². The maximum Gasteiger partial charge on any atom is 0.324 e. The highest BCUT2D eigenvalue weighted by Crippen LogP contribution is 2.12. The van der Waals surface area contributed by atoms with Crippen molar-refractivity contribution in [2.24, 2.45) is 5.84 Å². The van der Waals surface area contributed by atoms with Crippen LogP contribution in [0.15, 0.2) is 0 Å². The smallest absolute Gasteiger partial charge is 0.324 e. The van der Waals surface area contributed by atoms with E-state index in [1.165, 1.54) is 0 Å². The predicted molar refractivity (Wildman–Crippen MR) is 63.8 cm³/mol. The van der Waals surface area contributed by atoms with E-state index in [0.717, 1.165) is 19.3 Å². The summed E-state index contributed by atoms with van der Waals surface area (Å²) in [4.78, 5) is 12.0. The zero-order chi connectivity index (χ0) is 12.5. The molecule has 1 aromatic rings. The molecule has 0 saturated heterocycles. The van der Waals surface area contributed by atoms with Crippen molar-refractivity contribution in [2.75, 3.05) is 18.6 Å². The van der Waals surface area contributed by atoms with Gasteiger partial charge in [-0.1, -0.05) is 20.3 Å². The normalized spacial score (nSPS) is 10.1. The Balaban J connectivity index is 2.67. The minimum Gasteiger partial charge on any atom is -0.463 e. The van der Waals surface area contributed by atoms with Gasteiger partial charge in [-0.05, 0) is 12.8 Å². The highest BCUT2D eigenvalue weighted by atomic mass is 16.5. The van der Waals surface area contributed by atoms with Gasteiger partial charge in [0.1, 0.15) is 0 Å². The minimum atomic E-state index is 0.223. The summed E-state index contributed by atoms with van der Waals surface area (Å²) in [7, 11) is 0. The number of hydrogen-bond donors (Lipinski definition) is 2. The van der Waals surface area contributed by atoms with E-state index >= 15 is 0 Å². The zero-order valence-electron chi connectivity index (χ0n) is 10.3. The zero-order valence-corrected chi connectivity index (χ0v) is 10.3. The van der Waals surface area contributed by atoms with Crippen LogP contribution in [0.25, 0.3) is 0 Å². The summed E-state index contributed by atoms with van der Waals surface area (Å²) < 4.78 is 10.7. The summed E-state index contributed by atoms with van der Waals surface area (Å²) in [5.41, 5.74) is 2.35. The van der Waals surface area contributed by atoms with Crippen LogP contribution < -0.4 is 20.7 Å². The van der Waals surface area contributed by atoms with Gasteiger partial charge in [0.05, 0.1) is 13.2 Å². The highest BCUT2D eigenvalue weighted by Gasteiger charge is 2.07. The van der Waals surface area contributed by atoms with E-state index in [1.807, 2.05) is 6.92 Å². The van der Waals surface area contributed by atoms with Crippen LogP contribution in [0, 0.1) is 0 Å². The van der Waals surface area contributed by atoms with Gasteiger partial charge < -0.3 is 9.47 Å². The number of rotatable bonds is 8. The molecule has 0 bridgehead atoms. The molecule has 0 unspecified atom stereocenters. The molecule has 1 rings (SSSR count). The van der Waals surface area contributed by atoms with E-state index in [4.69, 9.17) is 15.3 Å². The first-order valence-electron chi connectivity index (χ1n) is 5.78. The van der Waals surface area contributed by atoms with Crippen LogP contribution in [0.2, 0.25) is 0 Å². The molecule has 0 radical (unpaired) electrons. The Hall–Kier alpha value is -1.63. The molecule has 0 fully saturated rings. The molecule has 17 heavy (non-hydrogen) atoms. The Labute approximate surface area is 101 Å². The fourth-order valence-electron chi connectivity index (χ4n) is 1.03. The van der Waals surface area contributed by atoms with Gasteiger partial charge >= 0.3 is 12.0 Å². The van der Waals surface area contributed by atoms with Gasteiger partial charge in [-0.25, -0.2) is 5.84 Å². The lowest BCUT2D eigenvalue weighted by Gasteiger charge is -2.07. The molecule has 0 amide bonds. The third-order valence-corrected chi connectivity index (χ3v) is 1.89. The number of nitrogens with two attached hydrogens (primary N) is 1. The van der Waals surface area contributed by atoms with Gasteiger partial charge in [0.15, 0.2) is 0 Å². The molecule has 0 saturated carbocycles. The van der Waals surface area contributed by atoms with Gasteiger partial charge in [-0.15, -0.1) is 4.98 Å². The Morgan fingerprint density at radius 2 is 1.65 bits per heavy atom. The lowest BCUT2D eigenvalue weighted by atomic mass is 10.4. The molecule has 0 aliphatic heterocycles. The fraction of sp³-hybridized carbons (Fsp3) is 0.700. The number of ether oxygens (including phenoxy) is 2. The third kappa shape index (κ3) is 4.81. The van der Waals surface area contributed by atoms with Crippen LogP contribution in [0.3, 0.4) is 0 Å². The van der Waals surface area contributed by atoms with E-state index < -0.39 is 0 Å². The molecular weight excluding hydrogens is 222 g/mol. The quantitative estimate of drug-likeness (QED) is 0.400. The van der Waals surface area contributed by atoms with E-state index in [9.17, 15) is 0 Å². The second-order valence-electron chi connectivity index (χ2n) is 3.42. The van der Waals surface area contributed by atoms with Crippen molar-refractivity contribution in [3.05, 3.63) is 0 Å². The van der Waals surface area contributed by atoms with Crippen molar-refractivity contribution in [2.45, 2.75) is 33.1 Å². The van der Waals surface area contributed by atoms with Crippen molar-refractivity contribution >= 4 is 5.95 Å². The first-order valence-corrected chi connectivity index (χ1v) is 5.78. The van der Waals surface area contributed by atoms with Crippen LogP contribution in [0.5, 0.6) is 12.0 Å². The van der Waals surface area contributed by atoms with Gasteiger partial charge in [0, 0.05) is 0 Å². The van der Waals surface area contributed by atoms with Crippen LogP contribution in [-0.4, -0.2) is 28.2 Å². The molecule has 0 spiro atoms. The van der Waals surface area contributed by atoms with Crippen LogP contribution in [0.4, 0.5) is 5.95 Å². The molecular formula is C10H19N5O2. The minimum absolute atomic E-state index is 0.223. The molecule has 0 atom stereocenters. The number of hydrogen-bond acceptors (Lipinski definition) is 7. The van der Waals surface area contributed by atoms with Crippen molar-refractivity contribution in [3.63, 3.8) is 0 Å². The van der Waals surface area contributed by atoms with Crippen LogP contribution >= 0.6 is 0 Å². The second kappa shape index (κ2) is 7.61. The second-order valence-corrected chi connectivity index (χ2v) is 3.42. The van der Waals surface area contributed by atoms with Crippen molar-refractivity contribution in [3.8, 4) is 12.0 Å². The first-order chi connectivity index (χ1) is 8.30. The Bertz CT molecular complexity index is 334. The van der Waals surface area contributed by atoms with Crippen molar-refractivity contribution in [1.82, 2.24) is 15.0 Å². The molecule has 0 aliphatic carbocycles. The number of nitrogens with one attached hydrogen (secondary N) is 1. The number of unbranched alkanes of at least 4 members (excludes halogenated alkanes) is 1. The standard InChI is InChI=1S/C10H19N5O2/c1-3-5-7-17-10-13-8(15-11)12-9(14-10)16-6-4-2/h3-7,11H2,1-2H3,(H,12,13,14,15). The molecule has 7 heteroatoms. The average Bonchev–Trinajstić information content (AvgIpc) is 2.36. The van der Waals surface area contributed by atoms with E-state index in [-0.39, 0.29) is 18.0 Å². The van der Waals surface area contributed by atoms with Gasteiger partial charge in [-0.2, -0.15) is 9.97 Å². The Kier molecular flexibility index (Phi) is 6.02. The van der Waals surface area contributed by atoms with E-state index in [1.54, 1.807) is 0 Å². The van der Waals surface area contributed by atoms with E-state index in [0.29, 0.717) is 13.2 Å². The van der Waals surface area contributed by atoms with Crippen LogP contribution in [-0.2, 0) is 0 Å². The summed E-state index contributed by atoms with van der Waals surface area (Å²) in [6.07, 6.45) is 2.87. The van der Waals surface area contributed by atoms with Gasteiger partial charge in [-0.3, -0.25) is 5.43 Å². The fourth-order valence-corrected chi connectivity index (χ4v) is 1.03. The maximum absolute atomic E-state index is 5.37. The third-order valence-electron chi connectivity index (χ3n) is 1.89. The number of aromatic nitrogens is 3. The first kappa shape index (κ1) is 13.4. The lowest BCUT2D eigenvalue weighted by Crippen LogP contribution is -2.14. The largest absolute Gasteiger partial charge is 0.463 e. The predicted octanol–water partition coefficient (Wildman–Crippen LogP) is 1.12. The molecule has 7 nitrogen and oxygen atoms in total. The SMILES string of the molecule is CCCCOc1nc(NN)nc(OCCC)n1. The molecule has 96 valence electrons.